The lowest BCUT2D eigenvalue weighted by molar-refractivity contribution is 0.288. The Morgan fingerprint density at radius 3 is 2.95 bits per heavy atom. The van der Waals surface area contributed by atoms with E-state index in [0.717, 1.165) is 33.3 Å². The molecule has 0 radical (unpaired) electrons. The van der Waals surface area contributed by atoms with E-state index in [0.29, 0.717) is 6.61 Å². The lowest BCUT2D eigenvalue weighted by Gasteiger charge is -2.07. The van der Waals surface area contributed by atoms with Gasteiger partial charge in [0.15, 0.2) is 5.76 Å². The summed E-state index contributed by atoms with van der Waals surface area (Å²) < 4.78 is 11.0. The van der Waals surface area contributed by atoms with Crippen LogP contribution in [0.5, 0.6) is 5.75 Å². The lowest BCUT2D eigenvalue weighted by Crippen LogP contribution is -1.97. The normalized spacial score (nSPS) is 10.7. The fourth-order valence-corrected chi connectivity index (χ4v) is 2.57. The predicted octanol–water partition coefficient (Wildman–Crippen LogP) is 3.87. The molecule has 0 spiro atoms. The molecule has 20 heavy (non-hydrogen) atoms. The molecule has 0 amide bonds. The molecule has 0 fully saturated rings. The molecule has 2 heterocycles. The average Bonchev–Trinajstić information content (AvgIpc) is 3.08. The van der Waals surface area contributed by atoms with Gasteiger partial charge in [0.1, 0.15) is 18.1 Å². The van der Waals surface area contributed by atoms with Gasteiger partial charge < -0.3 is 15.0 Å². The molecule has 3 aromatic rings. The van der Waals surface area contributed by atoms with Crippen LogP contribution >= 0.6 is 11.3 Å². The van der Waals surface area contributed by atoms with Gasteiger partial charge in [-0.2, -0.15) is 0 Å². The van der Waals surface area contributed by atoms with E-state index in [4.69, 9.17) is 15.0 Å². The minimum Gasteiger partial charge on any atom is -0.487 e. The van der Waals surface area contributed by atoms with E-state index in [9.17, 15) is 0 Å². The van der Waals surface area contributed by atoms with Crippen LogP contribution in [0.3, 0.4) is 0 Å². The first-order valence-corrected chi connectivity index (χ1v) is 7.09. The molecular weight excluding hydrogens is 272 g/mol. The minimum atomic E-state index is 0.375. The monoisotopic (exact) mass is 286 g/mol. The van der Waals surface area contributed by atoms with Crippen LogP contribution in [0, 0.1) is 6.92 Å². The van der Waals surface area contributed by atoms with Crippen molar-refractivity contribution >= 4 is 17.0 Å². The second-order valence-corrected chi connectivity index (χ2v) is 5.42. The summed E-state index contributed by atoms with van der Waals surface area (Å²) in [7, 11) is 0. The zero-order valence-corrected chi connectivity index (χ0v) is 11.8. The van der Waals surface area contributed by atoms with Crippen molar-refractivity contribution in [1.82, 2.24) is 5.16 Å². The maximum Gasteiger partial charge on any atom is 0.177 e. The smallest absolute Gasteiger partial charge is 0.177 e. The highest BCUT2D eigenvalue weighted by molar-refractivity contribution is 7.13. The van der Waals surface area contributed by atoms with Gasteiger partial charge in [0.05, 0.1) is 4.88 Å². The van der Waals surface area contributed by atoms with Crippen LogP contribution in [0.15, 0.2) is 46.3 Å². The van der Waals surface area contributed by atoms with Crippen molar-refractivity contribution < 1.29 is 9.26 Å². The van der Waals surface area contributed by atoms with Crippen LogP contribution in [0.4, 0.5) is 5.69 Å². The van der Waals surface area contributed by atoms with Crippen molar-refractivity contribution in [3.8, 4) is 16.4 Å². The van der Waals surface area contributed by atoms with Gasteiger partial charge in [-0.3, -0.25) is 0 Å². The maximum absolute atomic E-state index is 5.73. The highest BCUT2D eigenvalue weighted by Crippen LogP contribution is 2.26. The van der Waals surface area contributed by atoms with Crippen LogP contribution in [0.2, 0.25) is 0 Å². The van der Waals surface area contributed by atoms with Crippen molar-refractivity contribution in [3.63, 3.8) is 0 Å². The minimum absolute atomic E-state index is 0.375. The van der Waals surface area contributed by atoms with Crippen LogP contribution < -0.4 is 10.5 Å². The fraction of sp³-hybridized carbons (Fsp3) is 0.133. The molecule has 5 heteroatoms. The van der Waals surface area contributed by atoms with Crippen LogP contribution in [0.1, 0.15) is 11.3 Å². The summed E-state index contributed by atoms with van der Waals surface area (Å²) in [5.41, 5.74) is 8.22. The van der Waals surface area contributed by atoms with Gasteiger partial charge >= 0.3 is 0 Å². The molecule has 0 saturated carbocycles. The van der Waals surface area contributed by atoms with E-state index >= 15 is 0 Å². The Bertz CT molecular complexity index is 704. The van der Waals surface area contributed by atoms with Gasteiger partial charge in [-0.15, -0.1) is 11.3 Å². The number of ether oxygens (including phenoxy) is 1. The summed E-state index contributed by atoms with van der Waals surface area (Å²) in [4.78, 5) is 1.06. The summed E-state index contributed by atoms with van der Waals surface area (Å²) >= 11 is 1.62. The number of benzene rings is 1. The Morgan fingerprint density at radius 1 is 1.30 bits per heavy atom. The number of thiophene rings is 1. The number of hydrogen-bond donors (Lipinski definition) is 1. The number of rotatable bonds is 4. The van der Waals surface area contributed by atoms with Crippen molar-refractivity contribution in [2.24, 2.45) is 0 Å². The number of aromatic nitrogens is 1. The standard InChI is InChI=1S/C15H14N2O2S/c1-10-7-11(16)4-5-13(10)18-9-12-8-14(19-17-12)15-3-2-6-20-15/h2-8H,9,16H2,1H3. The van der Waals surface area contributed by atoms with Crippen LogP contribution in [0.25, 0.3) is 10.6 Å². The Balaban J connectivity index is 1.70. The molecule has 3 rings (SSSR count). The third-order valence-corrected chi connectivity index (χ3v) is 3.78. The molecule has 1 aromatic carbocycles. The molecule has 4 nitrogen and oxygen atoms in total. The molecule has 0 unspecified atom stereocenters. The molecule has 102 valence electrons. The zero-order valence-electron chi connectivity index (χ0n) is 11.0. The first-order valence-electron chi connectivity index (χ1n) is 6.21. The molecule has 2 aromatic heterocycles. The third-order valence-electron chi connectivity index (χ3n) is 2.90. The first-order chi connectivity index (χ1) is 9.72. The summed E-state index contributed by atoms with van der Waals surface area (Å²) in [6.45, 7) is 2.34. The topological polar surface area (TPSA) is 61.3 Å². The van der Waals surface area contributed by atoms with Gasteiger partial charge in [0, 0.05) is 11.8 Å². The number of anilines is 1. The Labute approximate surface area is 120 Å². The summed E-state index contributed by atoms with van der Waals surface area (Å²) in [6.07, 6.45) is 0. The van der Waals surface area contributed by atoms with E-state index in [1.165, 1.54) is 0 Å². The van der Waals surface area contributed by atoms with E-state index < -0.39 is 0 Å². The molecule has 0 aliphatic heterocycles. The van der Waals surface area contributed by atoms with E-state index in [2.05, 4.69) is 5.16 Å². The Hall–Kier alpha value is -2.27. The molecular formula is C15H14N2O2S. The average molecular weight is 286 g/mol. The zero-order chi connectivity index (χ0) is 13.9. The van der Waals surface area contributed by atoms with E-state index in [-0.39, 0.29) is 0 Å². The summed E-state index contributed by atoms with van der Waals surface area (Å²) in [5.74, 6) is 1.58. The van der Waals surface area contributed by atoms with E-state index in [1.54, 1.807) is 11.3 Å². The quantitative estimate of drug-likeness (QED) is 0.739. The largest absolute Gasteiger partial charge is 0.487 e. The van der Waals surface area contributed by atoms with Crippen molar-refractivity contribution in [2.75, 3.05) is 5.73 Å². The van der Waals surface area contributed by atoms with Crippen molar-refractivity contribution in [1.29, 1.82) is 0 Å². The number of hydrogen-bond acceptors (Lipinski definition) is 5. The van der Waals surface area contributed by atoms with Gasteiger partial charge in [-0.1, -0.05) is 11.2 Å². The first kappa shape index (κ1) is 12.7. The Morgan fingerprint density at radius 2 is 2.20 bits per heavy atom. The molecule has 0 aliphatic rings. The second kappa shape index (κ2) is 5.38. The number of nitrogens with two attached hydrogens (primary N) is 1. The molecule has 0 bridgehead atoms. The second-order valence-electron chi connectivity index (χ2n) is 4.47. The van der Waals surface area contributed by atoms with Crippen molar-refractivity contribution in [2.45, 2.75) is 13.5 Å². The summed E-state index contributed by atoms with van der Waals surface area (Å²) in [5, 5.41) is 6.02. The Kier molecular flexibility index (Phi) is 3.43. The molecule has 0 atom stereocenters. The predicted molar refractivity (Wildman–Crippen MR) is 79.7 cm³/mol. The maximum atomic E-state index is 5.73. The third kappa shape index (κ3) is 2.67. The highest BCUT2D eigenvalue weighted by Gasteiger charge is 2.08. The highest BCUT2D eigenvalue weighted by atomic mass is 32.1. The SMILES string of the molecule is Cc1cc(N)ccc1OCc1cc(-c2cccs2)on1. The molecule has 0 saturated heterocycles. The lowest BCUT2D eigenvalue weighted by atomic mass is 10.2. The number of nitrogens with zero attached hydrogens (tertiary/aromatic N) is 1. The van der Waals surface area contributed by atoms with Gasteiger partial charge in [0.25, 0.3) is 0 Å². The van der Waals surface area contributed by atoms with Crippen LogP contribution in [-0.2, 0) is 6.61 Å². The molecule has 0 aliphatic carbocycles. The fourth-order valence-electron chi connectivity index (χ4n) is 1.90. The summed E-state index contributed by atoms with van der Waals surface area (Å²) in [6, 6.07) is 11.5. The van der Waals surface area contributed by atoms with Crippen molar-refractivity contribution in [3.05, 3.63) is 53.0 Å². The van der Waals surface area contributed by atoms with E-state index in [1.807, 2.05) is 48.7 Å². The van der Waals surface area contributed by atoms with Gasteiger partial charge in [-0.05, 0) is 42.1 Å². The number of aryl methyl sites for hydroxylation is 1. The van der Waals surface area contributed by atoms with Gasteiger partial charge in [-0.25, -0.2) is 0 Å². The van der Waals surface area contributed by atoms with Gasteiger partial charge in [0.2, 0.25) is 0 Å². The molecule has 2 N–H and O–H groups in total. The number of nitrogen functional groups attached to an aromatic ring is 1. The van der Waals surface area contributed by atoms with Crippen LogP contribution in [-0.4, -0.2) is 5.16 Å².